The van der Waals surface area contributed by atoms with E-state index < -0.39 is 12.8 Å². The molecule has 0 unspecified atom stereocenters. The number of alkyl halides is 3. The molecule has 0 spiro atoms. The molecule has 0 saturated carbocycles. The van der Waals surface area contributed by atoms with Gasteiger partial charge in [0.1, 0.15) is 5.75 Å². The van der Waals surface area contributed by atoms with Gasteiger partial charge in [-0.1, -0.05) is 12.1 Å². The van der Waals surface area contributed by atoms with Gasteiger partial charge in [-0.3, -0.25) is 0 Å². The molecule has 0 radical (unpaired) electrons. The summed E-state index contributed by atoms with van der Waals surface area (Å²) < 4.78 is 41.7. The predicted molar refractivity (Wildman–Crippen MR) is 82.1 cm³/mol. The van der Waals surface area contributed by atoms with Gasteiger partial charge in [-0.05, 0) is 51.4 Å². The third-order valence-corrected chi connectivity index (χ3v) is 3.03. The lowest BCUT2D eigenvalue weighted by molar-refractivity contribution is -0.153. The molecule has 0 saturated heterocycles. The molecule has 6 heteroatoms. The molecule has 0 atom stereocenters. The number of likely N-dealkylation sites (N-methyl/N-ethyl adjacent to an activating group) is 1. The molecule has 1 rings (SSSR count). The number of nitrogens with two attached hydrogens (primary N) is 1. The van der Waals surface area contributed by atoms with Crippen LogP contribution in [0.1, 0.15) is 30.5 Å². The first-order valence-corrected chi connectivity index (χ1v) is 7.14. The molecule has 3 nitrogen and oxygen atoms in total. The Morgan fingerprint density at radius 3 is 2.05 bits per heavy atom. The second-order valence-corrected chi connectivity index (χ2v) is 6.62. The highest BCUT2D eigenvalue weighted by Gasteiger charge is 2.29. The summed E-state index contributed by atoms with van der Waals surface area (Å²) in [6.07, 6.45) is -4.33. The molecule has 0 bridgehead atoms. The van der Waals surface area contributed by atoms with E-state index in [0.29, 0.717) is 23.4 Å². The molecule has 0 heterocycles. The predicted octanol–water partition coefficient (Wildman–Crippen LogP) is 3.41. The van der Waals surface area contributed by atoms with Gasteiger partial charge in [0.15, 0.2) is 6.61 Å². The van der Waals surface area contributed by atoms with E-state index >= 15 is 0 Å². The number of benzene rings is 1. The Bertz CT molecular complexity index is 484. The molecule has 1 aromatic carbocycles. The van der Waals surface area contributed by atoms with Crippen molar-refractivity contribution in [2.45, 2.75) is 46.0 Å². The highest BCUT2D eigenvalue weighted by molar-refractivity contribution is 5.43. The summed E-state index contributed by atoms with van der Waals surface area (Å²) in [5.41, 5.74) is 8.13. The first-order valence-electron chi connectivity index (χ1n) is 7.14. The number of ether oxygens (including phenoxy) is 1. The van der Waals surface area contributed by atoms with E-state index in [2.05, 4.69) is 4.90 Å². The lowest BCUT2D eigenvalue weighted by Gasteiger charge is -2.27. The first kappa shape index (κ1) is 18.8. The summed E-state index contributed by atoms with van der Waals surface area (Å²) in [4.78, 5) is 2.09. The van der Waals surface area contributed by atoms with E-state index in [1.807, 2.05) is 33.0 Å². The average Bonchev–Trinajstić information content (AvgIpc) is 2.22. The minimum absolute atomic E-state index is 0.297. The molecule has 0 aliphatic heterocycles. The van der Waals surface area contributed by atoms with Gasteiger partial charge in [-0.25, -0.2) is 0 Å². The van der Waals surface area contributed by atoms with Gasteiger partial charge in [0.25, 0.3) is 0 Å². The van der Waals surface area contributed by atoms with Crippen LogP contribution in [0.2, 0.25) is 0 Å². The van der Waals surface area contributed by atoms with Crippen LogP contribution in [0.3, 0.4) is 0 Å². The third-order valence-electron chi connectivity index (χ3n) is 3.03. The maximum Gasteiger partial charge on any atom is 0.422 e. The maximum absolute atomic E-state index is 12.3. The SMILES string of the molecule is Cc1cc(CN(C)CC(C)(C)N)cc(C)c1OCC(F)(F)F. The zero-order valence-corrected chi connectivity index (χ0v) is 13.8. The van der Waals surface area contributed by atoms with Gasteiger partial charge >= 0.3 is 6.18 Å². The quantitative estimate of drug-likeness (QED) is 0.873. The van der Waals surface area contributed by atoms with Crippen molar-refractivity contribution in [3.8, 4) is 5.75 Å². The second kappa shape index (κ2) is 6.87. The van der Waals surface area contributed by atoms with Gasteiger partial charge in [0.2, 0.25) is 0 Å². The van der Waals surface area contributed by atoms with Crippen LogP contribution in [-0.2, 0) is 6.54 Å². The topological polar surface area (TPSA) is 38.5 Å². The van der Waals surface area contributed by atoms with Crippen molar-refractivity contribution in [1.29, 1.82) is 0 Å². The van der Waals surface area contributed by atoms with Gasteiger partial charge in [-0.2, -0.15) is 13.2 Å². The third kappa shape index (κ3) is 6.66. The number of hydrogen-bond acceptors (Lipinski definition) is 3. The van der Waals surface area contributed by atoms with E-state index in [4.69, 9.17) is 10.5 Å². The van der Waals surface area contributed by atoms with Crippen molar-refractivity contribution in [3.63, 3.8) is 0 Å². The van der Waals surface area contributed by atoms with Gasteiger partial charge in [-0.15, -0.1) is 0 Å². The molecular formula is C16H25F3N2O. The van der Waals surface area contributed by atoms with Crippen molar-refractivity contribution in [1.82, 2.24) is 4.90 Å². The van der Waals surface area contributed by atoms with Crippen LogP contribution in [0, 0.1) is 13.8 Å². The monoisotopic (exact) mass is 318 g/mol. The summed E-state index contributed by atoms with van der Waals surface area (Å²) in [6, 6.07) is 3.72. The summed E-state index contributed by atoms with van der Waals surface area (Å²) in [6.45, 7) is 7.56. The number of aryl methyl sites for hydroxylation is 2. The van der Waals surface area contributed by atoms with Crippen molar-refractivity contribution in [2.75, 3.05) is 20.2 Å². The smallest absolute Gasteiger partial charge is 0.422 e. The van der Waals surface area contributed by atoms with Crippen LogP contribution >= 0.6 is 0 Å². The van der Waals surface area contributed by atoms with E-state index in [1.165, 1.54) is 0 Å². The lowest BCUT2D eigenvalue weighted by Crippen LogP contribution is -2.43. The minimum Gasteiger partial charge on any atom is -0.484 e. The molecule has 22 heavy (non-hydrogen) atoms. The van der Waals surface area contributed by atoms with Crippen molar-refractivity contribution >= 4 is 0 Å². The highest BCUT2D eigenvalue weighted by Crippen LogP contribution is 2.27. The zero-order chi connectivity index (χ0) is 17.1. The molecule has 0 aliphatic rings. The number of hydrogen-bond donors (Lipinski definition) is 1. The summed E-state index contributed by atoms with van der Waals surface area (Å²) >= 11 is 0. The molecule has 2 N–H and O–H groups in total. The fraction of sp³-hybridized carbons (Fsp3) is 0.625. The van der Waals surface area contributed by atoms with Crippen molar-refractivity contribution in [2.24, 2.45) is 5.73 Å². The Balaban J connectivity index is 2.81. The Morgan fingerprint density at radius 2 is 1.64 bits per heavy atom. The first-order chi connectivity index (χ1) is 9.87. The Morgan fingerprint density at radius 1 is 1.14 bits per heavy atom. The Labute approximate surface area is 130 Å². The fourth-order valence-electron chi connectivity index (χ4n) is 2.58. The summed E-state index contributed by atoms with van der Waals surface area (Å²) in [5, 5.41) is 0. The Kier molecular flexibility index (Phi) is 5.87. The number of halogens is 3. The largest absolute Gasteiger partial charge is 0.484 e. The summed E-state index contributed by atoms with van der Waals surface area (Å²) in [7, 11) is 1.97. The van der Waals surface area contributed by atoms with Gasteiger partial charge in [0.05, 0.1) is 0 Å². The number of nitrogens with zero attached hydrogens (tertiary/aromatic N) is 1. The van der Waals surface area contributed by atoms with E-state index in [-0.39, 0.29) is 5.54 Å². The van der Waals surface area contributed by atoms with Gasteiger partial charge in [0, 0.05) is 18.6 Å². The number of rotatable bonds is 6. The lowest BCUT2D eigenvalue weighted by atomic mass is 10.0. The minimum atomic E-state index is -4.33. The van der Waals surface area contributed by atoms with E-state index in [9.17, 15) is 13.2 Å². The molecule has 1 aromatic rings. The van der Waals surface area contributed by atoms with E-state index in [1.54, 1.807) is 13.8 Å². The molecular weight excluding hydrogens is 293 g/mol. The fourth-order valence-corrected chi connectivity index (χ4v) is 2.58. The maximum atomic E-state index is 12.3. The molecule has 0 fully saturated rings. The Hall–Kier alpha value is -1.27. The van der Waals surface area contributed by atoms with Crippen LogP contribution in [0.5, 0.6) is 5.75 Å². The second-order valence-electron chi connectivity index (χ2n) is 6.62. The van der Waals surface area contributed by atoms with Crippen LogP contribution in [0.25, 0.3) is 0 Å². The molecule has 126 valence electrons. The van der Waals surface area contributed by atoms with Crippen molar-refractivity contribution in [3.05, 3.63) is 28.8 Å². The highest BCUT2D eigenvalue weighted by atomic mass is 19.4. The van der Waals surface area contributed by atoms with Gasteiger partial charge < -0.3 is 15.4 Å². The normalized spacial score (nSPS) is 12.8. The zero-order valence-electron chi connectivity index (χ0n) is 13.8. The van der Waals surface area contributed by atoms with Crippen LogP contribution in [0.15, 0.2) is 12.1 Å². The van der Waals surface area contributed by atoms with E-state index in [0.717, 1.165) is 12.1 Å². The molecule has 0 amide bonds. The average molecular weight is 318 g/mol. The van der Waals surface area contributed by atoms with Crippen LogP contribution in [0.4, 0.5) is 13.2 Å². The standard InChI is InChI=1S/C16H25F3N2O/c1-11-6-13(8-21(5)9-15(3,4)20)7-12(2)14(11)22-10-16(17,18)19/h6-7H,8-10,20H2,1-5H3. The van der Waals surface area contributed by atoms with Crippen molar-refractivity contribution < 1.29 is 17.9 Å². The van der Waals surface area contributed by atoms with Crippen LogP contribution in [-0.4, -0.2) is 36.8 Å². The molecule has 0 aromatic heterocycles. The molecule has 0 aliphatic carbocycles. The van der Waals surface area contributed by atoms with Crippen LogP contribution < -0.4 is 10.5 Å². The summed E-state index contributed by atoms with van der Waals surface area (Å²) in [5.74, 6) is 0.308.